The molecule has 0 spiro atoms. The Bertz CT molecular complexity index is 868. The number of amides is 1. The molecule has 1 aromatic carbocycles. The number of nitrogens with one attached hydrogen (secondary N) is 2. The Hall–Kier alpha value is -1.18. The lowest BCUT2D eigenvalue weighted by Gasteiger charge is -2.26. The fraction of sp³-hybridized carbons (Fsp3) is 0.500. The van der Waals surface area contributed by atoms with Gasteiger partial charge in [0.15, 0.2) is 0 Å². The van der Waals surface area contributed by atoms with Gasteiger partial charge in [0.2, 0.25) is 0 Å². The van der Waals surface area contributed by atoms with Gasteiger partial charge in [-0.15, -0.1) is 4.83 Å². The van der Waals surface area contributed by atoms with E-state index < -0.39 is 32.2 Å². The molecular weight excluding hydrogens is 400 g/mol. The standard InChI is InChI=1S/C14H22N4O5S3/c1-10-4-6-12(7-5-10)25(20,21)16-15-14(19)13-8-11(24)9-18(13)26(22,23)17(2)3/h4-7,11,13,16,24H,8-9H2,1-3H3,(H,15,19)/t11-,13+/m1/s1. The first-order valence-corrected chi connectivity index (χ1v) is 11.1. The largest absolute Gasteiger partial charge is 0.282 e. The monoisotopic (exact) mass is 422 g/mol. The Labute approximate surface area is 159 Å². The van der Waals surface area contributed by atoms with Crippen molar-refractivity contribution < 1.29 is 21.6 Å². The molecule has 2 N–H and O–H groups in total. The average molecular weight is 423 g/mol. The number of rotatable bonds is 6. The third kappa shape index (κ3) is 4.56. The van der Waals surface area contributed by atoms with E-state index in [0.717, 1.165) is 14.2 Å². The SMILES string of the molecule is Cc1ccc(S(=O)(=O)NNC(=O)[C@@H]2C[C@@H](S)CN2S(=O)(=O)N(C)C)cc1. The Morgan fingerprint density at radius 2 is 1.77 bits per heavy atom. The summed E-state index contributed by atoms with van der Waals surface area (Å²) < 4.78 is 51.2. The number of sulfonamides is 1. The highest BCUT2D eigenvalue weighted by atomic mass is 32.2. The fourth-order valence-electron chi connectivity index (χ4n) is 2.46. The molecule has 2 atom stereocenters. The number of carbonyl (C=O) groups is 1. The molecule has 1 heterocycles. The van der Waals surface area contributed by atoms with Gasteiger partial charge < -0.3 is 0 Å². The maximum atomic E-state index is 12.4. The normalized spacial score (nSPS) is 21.9. The lowest BCUT2D eigenvalue weighted by molar-refractivity contribution is -0.124. The van der Waals surface area contributed by atoms with E-state index in [2.05, 4.69) is 18.1 Å². The molecule has 26 heavy (non-hydrogen) atoms. The maximum absolute atomic E-state index is 12.4. The van der Waals surface area contributed by atoms with E-state index in [1.165, 1.54) is 26.2 Å². The summed E-state index contributed by atoms with van der Waals surface area (Å²) in [6.07, 6.45) is 0.175. The molecule has 1 saturated heterocycles. The summed E-state index contributed by atoms with van der Waals surface area (Å²) >= 11 is 4.25. The van der Waals surface area contributed by atoms with Crippen LogP contribution in [0.4, 0.5) is 0 Å². The Morgan fingerprint density at radius 1 is 1.19 bits per heavy atom. The van der Waals surface area contributed by atoms with Crippen LogP contribution in [0.2, 0.25) is 0 Å². The van der Waals surface area contributed by atoms with E-state index in [1.807, 2.05) is 11.8 Å². The summed E-state index contributed by atoms with van der Waals surface area (Å²) in [6.45, 7) is 1.88. The molecular formula is C14H22N4O5S3. The van der Waals surface area contributed by atoms with Gasteiger partial charge in [0.25, 0.3) is 26.1 Å². The van der Waals surface area contributed by atoms with Gasteiger partial charge in [-0.05, 0) is 25.5 Å². The topological polar surface area (TPSA) is 116 Å². The molecule has 1 aliphatic heterocycles. The lowest BCUT2D eigenvalue weighted by Crippen LogP contribution is -2.53. The average Bonchev–Trinajstić information content (AvgIpc) is 2.95. The van der Waals surface area contributed by atoms with Gasteiger partial charge in [-0.25, -0.2) is 8.42 Å². The predicted octanol–water partition coefficient (Wildman–Crippen LogP) is -0.516. The summed E-state index contributed by atoms with van der Waals surface area (Å²) in [5.41, 5.74) is 3.00. The van der Waals surface area contributed by atoms with Gasteiger partial charge in [-0.1, -0.05) is 17.7 Å². The van der Waals surface area contributed by atoms with Gasteiger partial charge in [0.1, 0.15) is 6.04 Å². The molecule has 146 valence electrons. The quantitative estimate of drug-likeness (QED) is 0.422. The minimum Gasteiger partial charge on any atom is -0.276 e. The molecule has 9 nitrogen and oxygen atoms in total. The van der Waals surface area contributed by atoms with E-state index in [1.54, 1.807) is 12.1 Å². The molecule has 1 aromatic rings. The van der Waals surface area contributed by atoms with Crippen LogP contribution in [0.15, 0.2) is 29.2 Å². The maximum Gasteiger partial charge on any atom is 0.282 e. The zero-order chi connectivity index (χ0) is 19.7. The van der Waals surface area contributed by atoms with E-state index >= 15 is 0 Å². The molecule has 1 fully saturated rings. The first-order valence-electron chi connectivity index (χ1n) is 7.71. The molecule has 2 rings (SSSR count). The smallest absolute Gasteiger partial charge is 0.276 e. The third-order valence-electron chi connectivity index (χ3n) is 3.93. The molecule has 0 aliphatic carbocycles. The first kappa shape index (κ1) is 21.1. The molecule has 0 bridgehead atoms. The number of hydrogen-bond donors (Lipinski definition) is 3. The van der Waals surface area contributed by atoms with Crippen molar-refractivity contribution in [2.24, 2.45) is 0 Å². The fourth-order valence-corrected chi connectivity index (χ4v) is 5.09. The van der Waals surface area contributed by atoms with Crippen molar-refractivity contribution in [3.63, 3.8) is 0 Å². The Morgan fingerprint density at radius 3 is 2.31 bits per heavy atom. The van der Waals surface area contributed by atoms with Crippen molar-refractivity contribution in [2.75, 3.05) is 20.6 Å². The number of benzene rings is 1. The number of aryl methyl sites for hydroxylation is 1. The second-order valence-electron chi connectivity index (χ2n) is 6.17. The van der Waals surface area contributed by atoms with Crippen LogP contribution in [0.5, 0.6) is 0 Å². The van der Waals surface area contributed by atoms with Crippen molar-refractivity contribution in [1.82, 2.24) is 18.9 Å². The highest BCUT2D eigenvalue weighted by molar-refractivity contribution is 7.89. The lowest BCUT2D eigenvalue weighted by atomic mass is 10.2. The number of hydrogen-bond acceptors (Lipinski definition) is 6. The molecule has 0 aromatic heterocycles. The van der Waals surface area contributed by atoms with Gasteiger partial charge in [-0.3, -0.25) is 10.2 Å². The van der Waals surface area contributed by atoms with Crippen LogP contribution in [-0.4, -0.2) is 63.3 Å². The predicted molar refractivity (Wildman–Crippen MR) is 100 cm³/mol. The molecule has 0 radical (unpaired) electrons. The van der Waals surface area contributed by atoms with E-state index in [9.17, 15) is 21.6 Å². The number of thiol groups is 1. The number of carbonyl (C=O) groups excluding carboxylic acids is 1. The van der Waals surface area contributed by atoms with Crippen molar-refractivity contribution in [3.05, 3.63) is 29.8 Å². The van der Waals surface area contributed by atoms with Crippen LogP contribution in [0.1, 0.15) is 12.0 Å². The highest BCUT2D eigenvalue weighted by Crippen LogP contribution is 2.26. The van der Waals surface area contributed by atoms with Gasteiger partial charge >= 0.3 is 0 Å². The summed E-state index contributed by atoms with van der Waals surface area (Å²) in [7, 11) is -5.08. The van der Waals surface area contributed by atoms with Crippen LogP contribution in [-0.2, 0) is 25.0 Å². The van der Waals surface area contributed by atoms with E-state index in [-0.39, 0.29) is 23.1 Å². The van der Waals surface area contributed by atoms with Crippen LogP contribution in [0, 0.1) is 6.92 Å². The molecule has 12 heteroatoms. The molecule has 0 saturated carbocycles. The van der Waals surface area contributed by atoms with Gasteiger partial charge in [0, 0.05) is 25.9 Å². The van der Waals surface area contributed by atoms with Gasteiger partial charge in [0.05, 0.1) is 4.90 Å². The first-order chi connectivity index (χ1) is 11.9. The molecule has 1 aliphatic rings. The summed E-state index contributed by atoms with van der Waals surface area (Å²) in [5, 5.41) is -0.325. The summed E-state index contributed by atoms with van der Waals surface area (Å²) in [4.78, 5) is 14.4. The van der Waals surface area contributed by atoms with Crippen molar-refractivity contribution in [3.8, 4) is 0 Å². The third-order valence-corrected chi connectivity index (χ3v) is 7.49. The second-order valence-corrected chi connectivity index (χ2v) is 10.7. The van der Waals surface area contributed by atoms with Crippen LogP contribution in [0.3, 0.4) is 0 Å². The van der Waals surface area contributed by atoms with E-state index in [4.69, 9.17) is 0 Å². The summed E-state index contributed by atoms with van der Waals surface area (Å²) in [6, 6.07) is 5.03. The molecule has 0 unspecified atom stereocenters. The number of nitrogens with zero attached hydrogens (tertiary/aromatic N) is 2. The van der Waals surface area contributed by atoms with Crippen LogP contribution in [0.25, 0.3) is 0 Å². The molecule has 1 amide bonds. The van der Waals surface area contributed by atoms with E-state index in [0.29, 0.717) is 0 Å². The zero-order valence-electron chi connectivity index (χ0n) is 14.6. The van der Waals surface area contributed by atoms with Gasteiger partial charge in [-0.2, -0.15) is 29.7 Å². The Kier molecular flexibility index (Phi) is 6.36. The van der Waals surface area contributed by atoms with Crippen LogP contribution >= 0.6 is 12.6 Å². The number of hydrazine groups is 1. The second kappa shape index (κ2) is 7.82. The van der Waals surface area contributed by atoms with Crippen molar-refractivity contribution in [1.29, 1.82) is 0 Å². The zero-order valence-corrected chi connectivity index (χ0v) is 17.1. The van der Waals surface area contributed by atoms with Crippen LogP contribution < -0.4 is 10.3 Å². The minimum atomic E-state index is -3.96. The minimum absolute atomic E-state index is 0.0142. The Balaban J connectivity index is 2.12. The highest BCUT2D eigenvalue weighted by Gasteiger charge is 2.43. The van der Waals surface area contributed by atoms with Crippen molar-refractivity contribution in [2.45, 2.75) is 29.5 Å². The van der Waals surface area contributed by atoms with Crippen molar-refractivity contribution >= 4 is 38.8 Å². The summed E-state index contributed by atoms with van der Waals surface area (Å²) in [5.74, 6) is -0.761.